The van der Waals surface area contributed by atoms with Crippen molar-refractivity contribution in [3.8, 4) is 11.1 Å². The summed E-state index contributed by atoms with van der Waals surface area (Å²) >= 11 is 0. The molecule has 4 N–H and O–H groups in total. The van der Waals surface area contributed by atoms with E-state index in [-0.39, 0.29) is 12.8 Å². The van der Waals surface area contributed by atoms with Crippen molar-refractivity contribution in [2.75, 3.05) is 0 Å². The molecule has 2 aromatic carbocycles. The van der Waals surface area contributed by atoms with Crippen molar-refractivity contribution in [2.45, 2.75) is 39.7 Å². The fraction of sp³-hybridized carbons (Fsp3) is 0.194. The third-order valence-corrected chi connectivity index (χ3v) is 6.56. The average Bonchev–Trinajstić information content (AvgIpc) is 3.14. The van der Waals surface area contributed by atoms with Crippen LogP contribution in [0.1, 0.15) is 57.1 Å². The van der Waals surface area contributed by atoms with E-state index in [0.717, 1.165) is 17.5 Å². The van der Waals surface area contributed by atoms with Crippen LogP contribution in [0.25, 0.3) is 17.2 Å². The molecule has 1 unspecified atom stereocenters. The first kappa shape index (κ1) is 28.4. The van der Waals surface area contributed by atoms with Crippen LogP contribution in [0.15, 0.2) is 66.6 Å². The Morgan fingerprint density at radius 2 is 1.77 bits per heavy atom. The van der Waals surface area contributed by atoms with Gasteiger partial charge >= 0.3 is 0 Å². The summed E-state index contributed by atoms with van der Waals surface area (Å²) in [7, 11) is 0. The number of aromatic nitrogens is 2. The molecule has 1 atom stereocenters. The summed E-state index contributed by atoms with van der Waals surface area (Å²) in [5.74, 6) is -2.87. The van der Waals surface area contributed by atoms with Gasteiger partial charge in [-0.15, -0.1) is 0 Å². The quantitative estimate of drug-likeness (QED) is 0.238. The number of primary amides is 1. The highest BCUT2D eigenvalue weighted by Gasteiger charge is 2.23. The topological polar surface area (TPSA) is 101 Å². The number of halogens is 3. The summed E-state index contributed by atoms with van der Waals surface area (Å²) in [5, 5.41) is 2.97. The Balaban J connectivity index is 1.75. The van der Waals surface area contributed by atoms with E-state index in [1.54, 1.807) is 56.4 Å². The highest BCUT2D eigenvalue weighted by atomic mass is 19.1. The van der Waals surface area contributed by atoms with Crippen LogP contribution in [-0.4, -0.2) is 21.8 Å². The molecule has 0 fully saturated rings. The number of H-pyrrole nitrogens is 1. The van der Waals surface area contributed by atoms with Crippen LogP contribution in [0.3, 0.4) is 0 Å². The predicted octanol–water partition coefficient (Wildman–Crippen LogP) is 6.04. The summed E-state index contributed by atoms with van der Waals surface area (Å²) in [6, 6.07) is 12.5. The van der Waals surface area contributed by atoms with Gasteiger partial charge in [-0.25, -0.2) is 13.2 Å². The normalized spacial score (nSPS) is 12.3. The highest BCUT2D eigenvalue weighted by molar-refractivity contribution is 5.94. The van der Waals surface area contributed by atoms with E-state index in [1.165, 1.54) is 25.1 Å². The molecule has 0 bridgehead atoms. The Bertz CT molecular complexity index is 1590. The minimum atomic E-state index is -0.801. The van der Waals surface area contributed by atoms with Crippen LogP contribution in [-0.2, 0) is 17.6 Å². The Labute approximate surface area is 230 Å². The fourth-order valence-corrected chi connectivity index (χ4v) is 4.84. The number of pyridine rings is 1. The average molecular weight is 547 g/mol. The third-order valence-electron chi connectivity index (χ3n) is 6.56. The van der Waals surface area contributed by atoms with Gasteiger partial charge in [-0.05, 0) is 80.3 Å². The predicted molar refractivity (Wildman–Crippen MR) is 148 cm³/mol. The van der Waals surface area contributed by atoms with Gasteiger partial charge in [0.15, 0.2) is 0 Å². The molecule has 0 radical (unpaired) electrons. The molecule has 0 aliphatic carbocycles. The number of nitrogens with two attached hydrogens (primary N) is 1. The number of amides is 2. The molecule has 0 aliphatic heterocycles. The molecule has 40 heavy (non-hydrogen) atoms. The minimum Gasteiger partial charge on any atom is -0.366 e. The first-order valence-corrected chi connectivity index (χ1v) is 12.6. The summed E-state index contributed by atoms with van der Waals surface area (Å²) in [6.45, 7) is 4.93. The van der Waals surface area contributed by atoms with E-state index in [2.05, 4.69) is 15.3 Å². The summed E-state index contributed by atoms with van der Waals surface area (Å²) < 4.78 is 41.9. The lowest BCUT2D eigenvalue weighted by Crippen LogP contribution is -2.32. The number of hydrogen-bond donors (Lipinski definition) is 3. The van der Waals surface area contributed by atoms with Gasteiger partial charge in [0, 0.05) is 40.3 Å². The van der Waals surface area contributed by atoms with Crippen molar-refractivity contribution in [3.63, 3.8) is 0 Å². The number of allylic oxidation sites excluding steroid dienone is 1. The molecule has 0 aliphatic rings. The van der Waals surface area contributed by atoms with Crippen molar-refractivity contribution >= 4 is 17.9 Å². The molecule has 0 saturated carbocycles. The first-order valence-electron chi connectivity index (χ1n) is 12.6. The number of nitrogens with zero attached hydrogens (tertiary/aromatic N) is 1. The maximum absolute atomic E-state index is 14.1. The number of carbonyl (C=O) groups excluding carboxylic acids is 2. The number of aryl methyl sites for hydroxylation is 2. The second kappa shape index (κ2) is 12.0. The van der Waals surface area contributed by atoms with Crippen LogP contribution in [0.2, 0.25) is 0 Å². The van der Waals surface area contributed by atoms with E-state index in [4.69, 9.17) is 5.73 Å². The summed E-state index contributed by atoms with van der Waals surface area (Å²) in [6.07, 6.45) is 2.88. The number of nitrogens with one attached hydrogen (secondary N) is 2. The van der Waals surface area contributed by atoms with Crippen LogP contribution in [0.4, 0.5) is 13.2 Å². The lowest BCUT2D eigenvalue weighted by molar-refractivity contribution is -0.121. The molecule has 206 valence electrons. The second-order valence-corrected chi connectivity index (χ2v) is 9.66. The molecule has 4 aromatic rings. The molecular weight excluding hydrogens is 517 g/mol. The zero-order valence-electron chi connectivity index (χ0n) is 22.3. The molecule has 0 spiro atoms. The molecule has 2 amide bonds. The summed E-state index contributed by atoms with van der Waals surface area (Å²) in [5.41, 5.74) is 10.4. The Morgan fingerprint density at radius 1 is 1.05 bits per heavy atom. The van der Waals surface area contributed by atoms with Gasteiger partial charge in [-0.1, -0.05) is 18.2 Å². The lowest BCUT2D eigenvalue weighted by Gasteiger charge is -2.22. The fourth-order valence-electron chi connectivity index (χ4n) is 4.84. The largest absolute Gasteiger partial charge is 0.366 e. The first-order chi connectivity index (χ1) is 19.0. The molecular formula is C31H29F3N4O2. The number of aromatic amines is 1. The molecule has 4 rings (SSSR count). The Morgan fingerprint density at radius 3 is 2.45 bits per heavy atom. The third kappa shape index (κ3) is 6.66. The second-order valence-electron chi connectivity index (χ2n) is 9.66. The molecule has 9 heteroatoms. The van der Waals surface area contributed by atoms with Crippen molar-refractivity contribution in [2.24, 2.45) is 5.73 Å². The summed E-state index contributed by atoms with van der Waals surface area (Å²) in [4.78, 5) is 32.9. The minimum absolute atomic E-state index is 0.0292. The van der Waals surface area contributed by atoms with Crippen molar-refractivity contribution < 1.29 is 22.8 Å². The highest BCUT2D eigenvalue weighted by Crippen LogP contribution is 2.30. The number of benzene rings is 2. The van der Waals surface area contributed by atoms with Crippen LogP contribution < -0.4 is 11.1 Å². The number of carbonyl (C=O) groups is 2. The molecule has 2 heterocycles. The van der Waals surface area contributed by atoms with Gasteiger partial charge in [0.05, 0.1) is 24.0 Å². The number of hydrogen-bond acceptors (Lipinski definition) is 3. The van der Waals surface area contributed by atoms with Crippen LogP contribution >= 0.6 is 0 Å². The molecule has 6 nitrogen and oxygen atoms in total. The lowest BCUT2D eigenvalue weighted by atomic mass is 9.94. The molecule has 0 saturated heterocycles. The van der Waals surface area contributed by atoms with Crippen molar-refractivity contribution in [3.05, 3.63) is 118 Å². The molecule has 2 aromatic heterocycles. The van der Waals surface area contributed by atoms with E-state index >= 15 is 0 Å². The van der Waals surface area contributed by atoms with Crippen molar-refractivity contribution in [1.82, 2.24) is 15.3 Å². The van der Waals surface area contributed by atoms with E-state index in [1.807, 2.05) is 0 Å². The Hall–Kier alpha value is -4.66. The van der Waals surface area contributed by atoms with Gasteiger partial charge < -0.3 is 16.0 Å². The Kier molecular flexibility index (Phi) is 8.52. The van der Waals surface area contributed by atoms with Gasteiger partial charge in [0.1, 0.15) is 11.6 Å². The maximum Gasteiger partial charge on any atom is 0.248 e. The monoisotopic (exact) mass is 546 g/mol. The van der Waals surface area contributed by atoms with E-state index in [9.17, 15) is 22.8 Å². The number of rotatable bonds is 9. The van der Waals surface area contributed by atoms with Crippen molar-refractivity contribution in [1.29, 1.82) is 0 Å². The smallest absolute Gasteiger partial charge is 0.248 e. The SMILES string of the molecule is CC(F)=Cc1c(C)[nH]c(C)c1CC(=O)NC(Cc1cc(F)cc(F)c1)c1ncccc1-c1cccc(C(N)=O)c1. The van der Waals surface area contributed by atoms with E-state index in [0.29, 0.717) is 39.1 Å². The zero-order valence-corrected chi connectivity index (χ0v) is 22.3. The standard InChI is InChI=1S/C31H29F3N4O2/c1-17(32)10-26-18(2)37-19(3)27(26)16-29(39)38-28(13-20-11-23(33)15-24(34)12-20)30-25(8-5-9-36-30)21-6-4-7-22(14-21)31(35)40/h4-12,14-15,28,37H,13,16H2,1-3H3,(H2,35,40)(H,38,39). The van der Waals surface area contributed by atoms with Crippen LogP contribution in [0.5, 0.6) is 0 Å². The van der Waals surface area contributed by atoms with Gasteiger partial charge in [-0.3, -0.25) is 14.6 Å². The van der Waals surface area contributed by atoms with Gasteiger partial charge in [-0.2, -0.15) is 0 Å². The van der Waals surface area contributed by atoms with Crippen LogP contribution in [0, 0.1) is 25.5 Å². The van der Waals surface area contributed by atoms with Gasteiger partial charge in [0.2, 0.25) is 11.8 Å². The van der Waals surface area contributed by atoms with E-state index < -0.39 is 35.3 Å². The van der Waals surface area contributed by atoms with Gasteiger partial charge in [0.25, 0.3) is 0 Å². The maximum atomic E-state index is 14.1. The zero-order chi connectivity index (χ0) is 29.0.